The average Bonchev–Trinajstić information content (AvgIpc) is 3.21. The number of carbonyl (C=O) groups excluding carboxylic acids is 3. The summed E-state index contributed by atoms with van der Waals surface area (Å²) in [4.78, 5) is 43.3. The molecule has 3 amide bonds. The molecule has 2 aromatic carbocycles. The Morgan fingerprint density at radius 2 is 1.45 bits per heavy atom. The molecule has 2 heterocycles. The topological polar surface area (TPSA) is 60.9 Å². The lowest BCUT2D eigenvalue weighted by Gasteiger charge is -2.36. The van der Waals surface area contributed by atoms with Gasteiger partial charge >= 0.3 is 0 Å². The number of anilines is 1. The zero-order chi connectivity index (χ0) is 21.6. The third kappa shape index (κ3) is 5.13. The summed E-state index contributed by atoms with van der Waals surface area (Å²) in [6.45, 7) is 2.65. The van der Waals surface area contributed by atoms with Crippen LogP contribution < -0.4 is 4.90 Å². The number of piperazine rings is 1. The van der Waals surface area contributed by atoms with Crippen molar-refractivity contribution in [3.8, 4) is 0 Å². The molecule has 4 rings (SSSR count). The lowest BCUT2D eigenvalue weighted by atomic mass is 10.1. The normalized spacial score (nSPS) is 19.0. The van der Waals surface area contributed by atoms with Crippen LogP contribution in [-0.2, 0) is 20.8 Å². The fourth-order valence-corrected chi connectivity index (χ4v) is 4.41. The lowest BCUT2D eigenvalue weighted by molar-refractivity contribution is -0.142. The van der Waals surface area contributed by atoms with E-state index in [0.29, 0.717) is 39.1 Å². The van der Waals surface area contributed by atoms with Crippen LogP contribution >= 0.6 is 0 Å². The maximum absolute atomic E-state index is 13.0. The maximum Gasteiger partial charge on any atom is 0.228 e. The Balaban J connectivity index is 1.22. The Kier molecular flexibility index (Phi) is 6.65. The molecule has 0 N–H and O–H groups in total. The average molecular weight is 420 g/mol. The molecule has 2 aromatic rings. The van der Waals surface area contributed by atoms with Gasteiger partial charge in [-0.1, -0.05) is 48.5 Å². The van der Waals surface area contributed by atoms with E-state index < -0.39 is 0 Å². The van der Waals surface area contributed by atoms with E-state index in [1.807, 2.05) is 58.3 Å². The van der Waals surface area contributed by atoms with Gasteiger partial charge in [0, 0.05) is 51.3 Å². The summed E-state index contributed by atoms with van der Waals surface area (Å²) in [6.07, 6.45) is 2.53. The van der Waals surface area contributed by atoms with E-state index in [1.165, 1.54) is 5.56 Å². The van der Waals surface area contributed by atoms with E-state index >= 15 is 0 Å². The summed E-state index contributed by atoms with van der Waals surface area (Å²) in [5.41, 5.74) is 2.09. The largest absolute Gasteiger partial charge is 0.339 e. The second-order valence-corrected chi connectivity index (χ2v) is 8.29. The molecule has 1 atom stereocenters. The fourth-order valence-electron chi connectivity index (χ4n) is 4.41. The van der Waals surface area contributed by atoms with Gasteiger partial charge in [-0.15, -0.1) is 0 Å². The van der Waals surface area contributed by atoms with Gasteiger partial charge in [0.25, 0.3) is 0 Å². The minimum absolute atomic E-state index is 0.00298. The number of benzene rings is 2. The highest BCUT2D eigenvalue weighted by Gasteiger charge is 2.38. The molecule has 0 bridgehead atoms. The highest BCUT2D eigenvalue weighted by molar-refractivity contribution is 6.00. The number of hydrogen-bond donors (Lipinski definition) is 0. The van der Waals surface area contributed by atoms with Crippen LogP contribution in [0.2, 0.25) is 0 Å². The molecule has 2 aliphatic rings. The van der Waals surface area contributed by atoms with Crippen molar-refractivity contribution < 1.29 is 14.4 Å². The predicted molar refractivity (Wildman–Crippen MR) is 119 cm³/mol. The third-order valence-electron chi connectivity index (χ3n) is 6.19. The van der Waals surface area contributed by atoms with Crippen LogP contribution in [-0.4, -0.2) is 60.2 Å². The van der Waals surface area contributed by atoms with Crippen LogP contribution in [0.25, 0.3) is 0 Å². The number of nitrogens with zero attached hydrogens (tertiary/aromatic N) is 3. The minimum Gasteiger partial charge on any atom is -0.339 e. The molecule has 2 saturated heterocycles. The van der Waals surface area contributed by atoms with E-state index in [4.69, 9.17) is 0 Å². The van der Waals surface area contributed by atoms with Crippen molar-refractivity contribution in [3.63, 3.8) is 0 Å². The predicted octanol–water partition coefficient (Wildman–Crippen LogP) is 2.73. The van der Waals surface area contributed by atoms with E-state index in [-0.39, 0.29) is 30.1 Å². The molecule has 0 spiro atoms. The number of amides is 3. The quantitative estimate of drug-likeness (QED) is 0.723. The molecular weight excluding hydrogens is 390 g/mol. The van der Waals surface area contributed by atoms with Gasteiger partial charge in [0.05, 0.1) is 5.92 Å². The summed E-state index contributed by atoms with van der Waals surface area (Å²) < 4.78 is 0. The van der Waals surface area contributed by atoms with Crippen LogP contribution in [0.3, 0.4) is 0 Å². The Morgan fingerprint density at radius 1 is 0.839 bits per heavy atom. The second kappa shape index (κ2) is 9.77. The van der Waals surface area contributed by atoms with Gasteiger partial charge in [-0.3, -0.25) is 14.4 Å². The zero-order valence-corrected chi connectivity index (χ0v) is 17.8. The van der Waals surface area contributed by atoms with E-state index in [9.17, 15) is 14.4 Å². The van der Waals surface area contributed by atoms with Crippen molar-refractivity contribution in [1.82, 2.24) is 9.80 Å². The number of hydrogen-bond acceptors (Lipinski definition) is 3. The summed E-state index contributed by atoms with van der Waals surface area (Å²) in [6, 6.07) is 19.7. The highest BCUT2D eigenvalue weighted by Crippen LogP contribution is 2.26. The Hall–Kier alpha value is -3.15. The third-order valence-corrected chi connectivity index (χ3v) is 6.19. The first-order valence-electron chi connectivity index (χ1n) is 11.1. The van der Waals surface area contributed by atoms with Gasteiger partial charge in [-0.25, -0.2) is 0 Å². The SMILES string of the molecule is O=C(CCCc1ccccc1)N1CCN(C(=O)C2CC(=O)N(c3ccccc3)C2)CC1. The molecule has 0 aliphatic carbocycles. The number of rotatable bonds is 6. The molecule has 2 aliphatic heterocycles. The molecule has 0 saturated carbocycles. The molecule has 2 fully saturated rings. The lowest BCUT2D eigenvalue weighted by Crippen LogP contribution is -2.52. The number of carbonyl (C=O) groups is 3. The molecule has 0 radical (unpaired) electrons. The second-order valence-electron chi connectivity index (χ2n) is 8.29. The Morgan fingerprint density at radius 3 is 2.13 bits per heavy atom. The maximum atomic E-state index is 13.0. The summed E-state index contributed by atoms with van der Waals surface area (Å²) >= 11 is 0. The first-order chi connectivity index (χ1) is 15.1. The molecule has 31 heavy (non-hydrogen) atoms. The van der Waals surface area contributed by atoms with Gasteiger partial charge in [0.1, 0.15) is 0 Å². The highest BCUT2D eigenvalue weighted by atomic mass is 16.2. The molecule has 162 valence electrons. The summed E-state index contributed by atoms with van der Waals surface area (Å²) in [5, 5.41) is 0. The van der Waals surface area contributed by atoms with Gasteiger partial charge in [-0.2, -0.15) is 0 Å². The molecular formula is C25H29N3O3. The van der Waals surface area contributed by atoms with Gasteiger partial charge in [0.15, 0.2) is 0 Å². The van der Waals surface area contributed by atoms with Gasteiger partial charge in [0.2, 0.25) is 17.7 Å². The van der Waals surface area contributed by atoms with Crippen LogP contribution in [0.4, 0.5) is 5.69 Å². The monoisotopic (exact) mass is 419 g/mol. The number of aryl methyl sites for hydroxylation is 1. The van der Waals surface area contributed by atoms with Crippen LogP contribution in [0.15, 0.2) is 60.7 Å². The van der Waals surface area contributed by atoms with E-state index in [0.717, 1.165) is 18.5 Å². The zero-order valence-electron chi connectivity index (χ0n) is 17.8. The first kappa shape index (κ1) is 21.1. The van der Waals surface area contributed by atoms with Gasteiger partial charge in [-0.05, 0) is 30.5 Å². The van der Waals surface area contributed by atoms with E-state index in [1.54, 1.807) is 4.90 Å². The summed E-state index contributed by atoms with van der Waals surface area (Å²) in [7, 11) is 0. The van der Waals surface area contributed by atoms with Crippen LogP contribution in [0, 0.1) is 5.92 Å². The van der Waals surface area contributed by atoms with Crippen molar-refractivity contribution in [2.24, 2.45) is 5.92 Å². The van der Waals surface area contributed by atoms with Crippen molar-refractivity contribution in [2.45, 2.75) is 25.7 Å². The van der Waals surface area contributed by atoms with Crippen molar-refractivity contribution >= 4 is 23.4 Å². The van der Waals surface area contributed by atoms with E-state index in [2.05, 4.69) is 12.1 Å². The molecule has 6 nitrogen and oxygen atoms in total. The van der Waals surface area contributed by atoms with Gasteiger partial charge < -0.3 is 14.7 Å². The number of para-hydroxylation sites is 1. The van der Waals surface area contributed by atoms with Crippen molar-refractivity contribution in [2.75, 3.05) is 37.6 Å². The summed E-state index contributed by atoms with van der Waals surface area (Å²) in [5.74, 6) is -0.116. The smallest absolute Gasteiger partial charge is 0.228 e. The Labute approximate surface area is 183 Å². The standard InChI is InChI=1S/C25H29N3O3/c29-23(13-7-10-20-8-3-1-4-9-20)26-14-16-27(17-15-26)25(31)21-18-24(30)28(19-21)22-11-5-2-6-12-22/h1-6,8-9,11-12,21H,7,10,13-19H2. The van der Waals surface area contributed by atoms with Crippen molar-refractivity contribution in [1.29, 1.82) is 0 Å². The van der Waals surface area contributed by atoms with Crippen LogP contribution in [0.5, 0.6) is 0 Å². The Bertz CT molecular complexity index is 908. The van der Waals surface area contributed by atoms with Crippen LogP contribution in [0.1, 0.15) is 24.8 Å². The van der Waals surface area contributed by atoms with Crippen molar-refractivity contribution in [3.05, 3.63) is 66.2 Å². The molecule has 1 unspecified atom stereocenters. The fraction of sp³-hybridized carbons (Fsp3) is 0.400. The minimum atomic E-state index is -0.305. The first-order valence-corrected chi connectivity index (χ1v) is 11.1. The molecule has 0 aromatic heterocycles. The molecule has 6 heteroatoms.